The number of rotatable bonds is 8. The highest BCUT2D eigenvalue weighted by Crippen LogP contribution is 2.08. The highest BCUT2D eigenvalue weighted by Gasteiger charge is 2.03. The fraction of sp³-hybridized carbons (Fsp3) is 0.381. The Morgan fingerprint density at radius 3 is 2.38 bits per heavy atom. The molecule has 2 aromatic rings. The first-order valence-electron chi connectivity index (χ1n) is 9.03. The molecule has 2 aromatic carbocycles. The van der Waals surface area contributed by atoms with Gasteiger partial charge in [0.05, 0.1) is 19.3 Å². The third-order valence-corrected chi connectivity index (χ3v) is 3.77. The van der Waals surface area contributed by atoms with E-state index in [1.165, 1.54) is 6.07 Å². The van der Waals surface area contributed by atoms with Crippen molar-refractivity contribution < 1.29 is 9.13 Å². The monoisotopic (exact) mass is 357 g/mol. The molecule has 0 aliphatic carbocycles. The summed E-state index contributed by atoms with van der Waals surface area (Å²) < 4.78 is 19.3. The van der Waals surface area contributed by atoms with Gasteiger partial charge in [0.25, 0.3) is 0 Å². The largest absolute Gasteiger partial charge is 0.374 e. The van der Waals surface area contributed by atoms with E-state index < -0.39 is 0 Å². The molecule has 0 atom stereocenters. The van der Waals surface area contributed by atoms with Crippen molar-refractivity contribution >= 4 is 5.96 Å². The van der Waals surface area contributed by atoms with Gasteiger partial charge in [0, 0.05) is 18.7 Å². The van der Waals surface area contributed by atoms with E-state index in [0.29, 0.717) is 31.2 Å². The van der Waals surface area contributed by atoms with Gasteiger partial charge in [0.2, 0.25) is 0 Å². The van der Waals surface area contributed by atoms with Crippen molar-refractivity contribution in [2.45, 2.75) is 46.6 Å². The van der Waals surface area contributed by atoms with Crippen molar-refractivity contribution in [1.29, 1.82) is 0 Å². The Balaban J connectivity index is 1.92. The van der Waals surface area contributed by atoms with Crippen molar-refractivity contribution in [2.24, 2.45) is 4.99 Å². The molecule has 0 saturated heterocycles. The van der Waals surface area contributed by atoms with Gasteiger partial charge in [0.15, 0.2) is 5.96 Å². The number of ether oxygens (including phenoxy) is 1. The molecular weight excluding hydrogens is 329 g/mol. The molecule has 0 bridgehead atoms. The summed E-state index contributed by atoms with van der Waals surface area (Å²) in [5.41, 5.74) is 2.88. The lowest BCUT2D eigenvalue weighted by Crippen LogP contribution is -2.37. The van der Waals surface area contributed by atoms with Crippen LogP contribution in [0.3, 0.4) is 0 Å². The van der Waals surface area contributed by atoms with E-state index in [1.54, 1.807) is 12.1 Å². The average molecular weight is 357 g/mol. The van der Waals surface area contributed by atoms with Crippen LogP contribution in [0.5, 0.6) is 0 Å². The van der Waals surface area contributed by atoms with Crippen molar-refractivity contribution in [3.8, 4) is 0 Å². The fourth-order valence-corrected chi connectivity index (χ4v) is 2.34. The Morgan fingerprint density at radius 2 is 1.73 bits per heavy atom. The van der Waals surface area contributed by atoms with Gasteiger partial charge in [-0.1, -0.05) is 42.5 Å². The maximum atomic E-state index is 13.7. The zero-order valence-corrected chi connectivity index (χ0v) is 15.8. The predicted octanol–water partition coefficient (Wildman–Crippen LogP) is 4.01. The molecule has 0 saturated carbocycles. The van der Waals surface area contributed by atoms with Crippen LogP contribution in [0, 0.1) is 5.82 Å². The first-order chi connectivity index (χ1) is 12.6. The molecule has 26 heavy (non-hydrogen) atoms. The minimum Gasteiger partial charge on any atom is -0.374 e. The van der Waals surface area contributed by atoms with Gasteiger partial charge < -0.3 is 15.4 Å². The Labute approximate surface area is 155 Å². The van der Waals surface area contributed by atoms with Crippen molar-refractivity contribution in [3.63, 3.8) is 0 Å². The number of hydrogen-bond acceptors (Lipinski definition) is 2. The van der Waals surface area contributed by atoms with Crippen LogP contribution in [0.1, 0.15) is 37.5 Å². The van der Waals surface area contributed by atoms with Crippen LogP contribution in [0.2, 0.25) is 0 Å². The number of benzene rings is 2. The quantitative estimate of drug-likeness (QED) is 0.554. The van der Waals surface area contributed by atoms with Gasteiger partial charge in [-0.05, 0) is 38.0 Å². The van der Waals surface area contributed by atoms with Gasteiger partial charge in [-0.2, -0.15) is 0 Å². The Hall–Kier alpha value is -2.40. The van der Waals surface area contributed by atoms with Crippen LogP contribution in [0.25, 0.3) is 0 Å². The lowest BCUT2D eigenvalue weighted by molar-refractivity contribution is 0.0657. The summed E-state index contributed by atoms with van der Waals surface area (Å²) in [6.45, 7) is 8.37. The molecule has 0 heterocycles. The van der Waals surface area contributed by atoms with Gasteiger partial charge >= 0.3 is 0 Å². The van der Waals surface area contributed by atoms with E-state index in [-0.39, 0.29) is 11.9 Å². The van der Waals surface area contributed by atoms with Crippen molar-refractivity contribution in [2.75, 3.05) is 6.54 Å². The molecule has 4 nitrogen and oxygen atoms in total. The van der Waals surface area contributed by atoms with Gasteiger partial charge in [-0.25, -0.2) is 9.38 Å². The second-order valence-corrected chi connectivity index (χ2v) is 6.32. The van der Waals surface area contributed by atoms with Crippen molar-refractivity contribution in [1.82, 2.24) is 10.6 Å². The molecule has 0 radical (unpaired) electrons. The number of guanidine groups is 1. The van der Waals surface area contributed by atoms with E-state index >= 15 is 0 Å². The third-order valence-electron chi connectivity index (χ3n) is 3.77. The van der Waals surface area contributed by atoms with Crippen molar-refractivity contribution in [3.05, 3.63) is 71.0 Å². The lowest BCUT2D eigenvalue weighted by Gasteiger charge is -2.12. The fourth-order valence-electron chi connectivity index (χ4n) is 2.34. The van der Waals surface area contributed by atoms with Crippen LogP contribution in [-0.2, 0) is 24.4 Å². The molecule has 5 heteroatoms. The van der Waals surface area contributed by atoms with Crippen LogP contribution >= 0.6 is 0 Å². The SMILES string of the molecule is CCNC(=NCc1ccc(COC(C)C)cc1)NCc1ccccc1F. The molecule has 0 aromatic heterocycles. The third kappa shape index (κ3) is 6.84. The lowest BCUT2D eigenvalue weighted by atomic mass is 10.1. The zero-order valence-electron chi connectivity index (χ0n) is 15.8. The summed E-state index contributed by atoms with van der Waals surface area (Å²) in [5, 5.41) is 6.35. The summed E-state index contributed by atoms with van der Waals surface area (Å²) in [5.74, 6) is 0.457. The average Bonchev–Trinajstić information content (AvgIpc) is 2.64. The highest BCUT2D eigenvalue weighted by molar-refractivity contribution is 5.79. The molecule has 0 aliphatic heterocycles. The second-order valence-electron chi connectivity index (χ2n) is 6.32. The summed E-state index contributed by atoms with van der Waals surface area (Å²) in [6, 6.07) is 15.0. The Kier molecular flexibility index (Phi) is 8.09. The van der Waals surface area contributed by atoms with E-state index in [9.17, 15) is 4.39 Å². The van der Waals surface area contributed by atoms with E-state index in [1.807, 2.05) is 26.8 Å². The first-order valence-corrected chi connectivity index (χ1v) is 9.03. The maximum absolute atomic E-state index is 13.7. The minimum absolute atomic E-state index is 0.213. The minimum atomic E-state index is -0.213. The normalized spacial score (nSPS) is 11.7. The molecule has 140 valence electrons. The Morgan fingerprint density at radius 1 is 1.04 bits per heavy atom. The molecular formula is C21H28FN3O. The number of nitrogens with zero attached hydrogens (tertiary/aromatic N) is 1. The molecule has 0 aliphatic rings. The summed E-state index contributed by atoms with van der Waals surface area (Å²) >= 11 is 0. The van der Waals surface area contributed by atoms with Crippen LogP contribution in [0.4, 0.5) is 4.39 Å². The van der Waals surface area contributed by atoms with Gasteiger partial charge in [-0.15, -0.1) is 0 Å². The molecule has 2 rings (SSSR count). The summed E-state index contributed by atoms with van der Waals surface area (Å²) in [4.78, 5) is 4.57. The first kappa shape index (κ1) is 19.9. The van der Waals surface area contributed by atoms with E-state index in [2.05, 4.69) is 39.9 Å². The standard InChI is InChI=1S/C21H28FN3O/c1-4-23-21(25-14-19-7-5-6-8-20(19)22)24-13-17-9-11-18(12-10-17)15-26-16(2)3/h5-12,16H,4,13-15H2,1-3H3,(H2,23,24,25). The summed E-state index contributed by atoms with van der Waals surface area (Å²) in [7, 11) is 0. The molecule has 0 amide bonds. The molecule has 0 spiro atoms. The zero-order chi connectivity index (χ0) is 18.8. The van der Waals surface area contributed by atoms with Gasteiger partial charge in [0.1, 0.15) is 5.82 Å². The van der Waals surface area contributed by atoms with E-state index in [4.69, 9.17) is 4.74 Å². The Bertz CT molecular complexity index is 699. The molecule has 0 fully saturated rings. The van der Waals surface area contributed by atoms with Crippen LogP contribution < -0.4 is 10.6 Å². The van der Waals surface area contributed by atoms with Gasteiger partial charge in [-0.3, -0.25) is 0 Å². The molecule has 2 N–H and O–H groups in total. The van der Waals surface area contributed by atoms with E-state index in [0.717, 1.165) is 17.7 Å². The predicted molar refractivity (Wildman–Crippen MR) is 104 cm³/mol. The number of hydrogen-bond donors (Lipinski definition) is 2. The number of halogens is 1. The topological polar surface area (TPSA) is 45.7 Å². The highest BCUT2D eigenvalue weighted by atomic mass is 19.1. The number of aliphatic imine (C=N–C) groups is 1. The maximum Gasteiger partial charge on any atom is 0.191 e. The van der Waals surface area contributed by atoms with Crippen LogP contribution in [-0.4, -0.2) is 18.6 Å². The number of nitrogens with one attached hydrogen (secondary N) is 2. The molecule has 0 unspecified atom stereocenters. The second kappa shape index (κ2) is 10.6. The smallest absolute Gasteiger partial charge is 0.191 e. The van der Waals surface area contributed by atoms with Crippen LogP contribution in [0.15, 0.2) is 53.5 Å². The summed E-state index contributed by atoms with van der Waals surface area (Å²) in [6.07, 6.45) is 0.225.